The zero-order valence-electron chi connectivity index (χ0n) is 19.4. The Morgan fingerprint density at radius 2 is 2.15 bits per heavy atom. The number of rotatable bonds is 8. The van der Waals surface area contributed by atoms with Crippen molar-refractivity contribution in [1.82, 2.24) is 30.1 Å². The molecule has 1 aromatic heterocycles. The Morgan fingerprint density at radius 3 is 2.91 bits per heavy atom. The molecule has 2 aromatic rings. The van der Waals surface area contributed by atoms with Gasteiger partial charge < -0.3 is 15.4 Å². The van der Waals surface area contributed by atoms with Gasteiger partial charge in [0.1, 0.15) is 18.5 Å². The molecule has 4 atom stereocenters. The highest BCUT2D eigenvalue weighted by Crippen LogP contribution is 2.51. The smallest absolute Gasteiger partial charge is 0.239 e. The summed E-state index contributed by atoms with van der Waals surface area (Å²) >= 11 is 0. The van der Waals surface area contributed by atoms with Crippen LogP contribution in [-0.4, -0.2) is 61.8 Å². The molecule has 34 heavy (non-hydrogen) atoms. The van der Waals surface area contributed by atoms with E-state index in [4.69, 9.17) is 10.5 Å². The fraction of sp³-hybridized carbons (Fsp3) is 0.583. The minimum Gasteiger partial charge on any atom is -0.368 e. The zero-order valence-corrected chi connectivity index (χ0v) is 19.4. The molecule has 3 unspecified atom stereocenters. The van der Waals surface area contributed by atoms with Gasteiger partial charge in [-0.1, -0.05) is 35.9 Å². The van der Waals surface area contributed by atoms with E-state index < -0.39 is 5.91 Å². The topological polar surface area (TPSA) is 119 Å². The first kappa shape index (κ1) is 21.7. The van der Waals surface area contributed by atoms with Crippen LogP contribution in [0, 0.1) is 5.92 Å². The van der Waals surface area contributed by atoms with E-state index in [2.05, 4.69) is 51.7 Å². The predicted octanol–water partition coefficient (Wildman–Crippen LogP) is 0.667. The van der Waals surface area contributed by atoms with E-state index in [9.17, 15) is 9.59 Å². The quantitative estimate of drug-likeness (QED) is 0.588. The molecule has 7 rings (SSSR count). The van der Waals surface area contributed by atoms with Crippen LogP contribution in [0.15, 0.2) is 30.5 Å². The number of nitrogens with two attached hydrogens (primary N) is 1. The fourth-order valence-corrected chi connectivity index (χ4v) is 6.07. The van der Waals surface area contributed by atoms with E-state index in [-0.39, 0.29) is 36.6 Å². The van der Waals surface area contributed by atoms with Gasteiger partial charge in [-0.15, -0.1) is 5.10 Å². The van der Waals surface area contributed by atoms with Crippen molar-refractivity contribution in [2.75, 3.05) is 6.54 Å². The van der Waals surface area contributed by atoms with Gasteiger partial charge >= 0.3 is 0 Å². The second kappa shape index (κ2) is 8.14. The van der Waals surface area contributed by atoms with Crippen LogP contribution in [0.4, 0.5) is 0 Å². The van der Waals surface area contributed by atoms with Crippen molar-refractivity contribution in [1.29, 1.82) is 0 Å². The Labute approximate surface area is 198 Å². The van der Waals surface area contributed by atoms with Gasteiger partial charge in [0.2, 0.25) is 11.8 Å². The molecule has 1 spiro atoms. The second-order valence-electron chi connectivity index (χ2n) is 10.1. The van der Waals surface area contributed by atoms with Crippen molar-refractivity contribution in [2.45, 2.75) is 76.3 Å². The number of hydrogen-bond donors (Lipinski definition) is 2. The van der Waals surface area contributed by atoms with Crippen molar-refractivity contribution in [3.05, 3.63) is 47.3 Å². The first-order chi connectivity index (χ1) is 16.4. The Kier molecular flexibility index (Phi) is 5.20. The number of benzene rings is 1. The molecule has 2 amide bonds. The second-order valence-corrected chi connectivity index (χ2v) is 10.1. The highest BCUT2D eigenvalue weighted by Gasteiger charge is 2.64. The largest absolute Gasteiger partial charge is 0.368 e. The molecule has 1 saturated carbocycles. The predicted molar refractivity (Wildman–Crippen MR) is 122 cm³/mol. The molecule has 1 aromatic carbocycles. The number of carbonyl (C=O) groups excluding carboxylic acids is 2. The number of nitrogens with zero attached hydrogens (tertiary/aromatic N) is 5. The molecule has 10 heteroatoms. The molecule has 10 nitrogen and oxygen atoms in total. The van der Waals surface area contributed by atoms with Gasteiger partial charge in [-0.2, -0.15) is 0 Å². The lowest BCUT2D eigenvalue weighted by Gasteiger charge is -2.44. The summed E-state index contributed by atoms with van der Waals surface area (Å²) in [5.74, 6) is 0.0860. The third kappa shape index (κ3) is 3.43. The molecule has 5 aliphatic rings. The zero-order chi connectivity index (χ0) is 23.4. The number of carbonyl (C=O) groups is 2. The highest BCUT2D eigenvalue weighted by molar-refractivity contribution is 5.79. The van der Waals surface area contributed by atoms with E-state index in [1.807, 2.05) is 4.90 Å². The van der Waals surface area contributed by atoms with Crippen LogP contribution in [0.5, 0.6) is 0 Å². The molecular formula is C24H31N7O3. The summed E-state index contributed by atoms with van der Waals surface area (Å²) in [7, 11) is 0. The van der Waals surface area contributed by atoms with E-state index in [0.29, 0.717) is 24.7 Å². The summed E-state index contributed by atoms with van der Waals surface area (Å²) in [6, 6.07) is 8.63. The summed E-state index contributed by atoms with van der Waals surface area (Å²) in [5, 5.41) is 11.8. The highest BCUT2D eigenvalue weighted by atomic mass is 16.6. The number of primary amides is 1. The first-order valence-corrected chi connectivity index (χ1v) is 12.2. The van der Waals surface area contributed by atoms with Gasteiger partial charge in [-0.25, -0.2) is 9.58 Å². The van der Waals surface area contributed by atoms with E-state index in [1.54, 1.807) is 6.20 Å². The Balaban J connectivity index is 1.18. The molecule has 2 aliphatic carbocycles. The normalized spacial score (nSPS) is 28.4. The molecule has 3 saturated heterocycles. The fourth-order valence-electron chi connectivity index (χ4n) is 6.07. The van der Waals surface area contributed by atoms with E-state index in [0.717, 1.165) is 25.7 Å². The molecule has 3 aliphatic heterocycles. The molecule has 2 bridgehead atoms. The van der Waals surface area contributed by atoms with Crippen LogP contribution in [0.3, 0.4) is 0 Å². The number of hydrogen-bond acceptors (Lipinski definition) is 7. The SMILES string of the molecule is C[C@@H](C1CCC1)N(Cc1cn(CC(N)=O)nn1)C(=O)CN1C2NC3(CCc4ccccc43)C1O2. The van der Waals surface area contributed by atoms with Crippen LogP contribution >= 0.6 is 0 Å². The number of ether oxygens (including phenoxy) is 1. The lowest BCUT2D eigenvalue weighted by molar-refractivity contribution is -0.249. The van der Waals surface area contributed by atoms with Crippen molar-refractivity contribution in [3.8, 4) is 0 Å². The lowest BCUT2D eigenvalue weighted by atomic mass is 9.79. The number of fused-ring (bicyclic) bond motifs is 1. The van der Waals surface area contributed by atoms with Crippen LogP contribution in [0.2, 0.25) is 0 Å². The minimum atomic E-state index is -0.476. The van der Waals surface area contributed by atoms with E-state index in [1.165, 1.54) is 22.2 Å². The van der Waals surface area contributed by atoms with Crippen LogP contribution in [0.25, 0.3) is 0 Å². The van der Waals surface area contributed by atoms with Crippen LogP contribution in [0.1, 0.15) is 49.4 Å². The van der Waals surface area contributed by atoms with Gasteiger partial charge in [0.15, 0.2) is 6.35 Å². The molecule has 0 radical (unpaired) electrons. The van der Waals surface area contributed by atoms with Crippen LogP contribution < -0.4 is 11.1 Å². The van der Waals surface area contributed by atoms with Crippen LogP contribution in [-0.2, 0) is 39.4 Å². The van der Waals surface area contributed by atoms with Gasteiger partial charge in [-0.05, 0) is 49.7 Å². The molecule has 4 fully saturated rings. The molecule has 4 heterocycles. The summed E-state index contributed by atoms with van der Waals surface area (Å²) in [4.78, 5) is 28.9. The van der Waals surface area contributed by atoms with Crippen molar-refractivity contribution < 1.29 is 14.3 Å². The summed E-state index contributed by atoms with van der Waals surface area (Å²) < 4.78 is 7.53. The van der Waals surface area contributed by atoms with Crippen molar-refractivity contribution in [2.24, 2.45) is 11.7 Å². The maximum atomic E-state index is 13.7. The monoisotopic (exact) mass is 465 g/mol. The Bertz CT molecular complexity index is 1120. The van der Waals surface area contributed by atoms with Crippen molar-refractivity contribution >= 4 is 11.8 Å². The average molecular weight is 466 g/mol. The maximum absolute atomic E-state index is 13.7. The third-order valence-corrected chi connectivity index (χ3v) is 8.15. The first-order valence-electron chi connectivity index (χ1n) is 12.2. The summed E-state index contributed by atoms with van der Waals surface area (Å²) in [6.45, 7) is 2.76. The molecule has 3 N–H and O–H groups in total. The summed E-state index contributed by atoms with van der Waals surface area (Å²) in [6.07, 6.45) is 6.80. The average Bonchev–Trinajstić information content (AvgIpc) is 3.52. The summed E-state index contributed by atoms with van der Waals surface area (Å²) in [5.41, 5.74) is 8.34. The number of nitrogens with one attached hydrogen (secondary N) is 1. The maximum Gasteiger partial charge on any atom is 0.239 e. The Hall–Kier alpha value is -2.82. The van der Waals surface area contributed by atoms with Gasteiger partial charge in [0.05, 0.1) is 24.8 Å². The molecule has 180 valence electrons. The molecular weight excluding hydrogens is 434 g/mol. The van der Waals surface area contributed by atoms with Gasteiger partial charge in [0.25, 0.3) is 0 Å². The minimum absolute atomic E-state index is 0.0250. The number of amides is 2. The van der Waals surface area contributed by atoms with E-state index >= 15 is 0 Å². The van der Waals surface area contributed by atoms with Gasteiger partial charge in [-0.3, -0.25) is 14.9 Å². The number of aryl methyl sites for hydroxylation is 1. The van der Waals surface area contributed by atoms with Crippen molar-refractivity contribution in [3.63, 3.8) is 0 Å². The van der Waals surface area contributed by atoms with Gasteiger partial charge in [0, 0.05) is 6.04 Å². The Morgan fingerprint density at radius 1 is 1.32 bits per heavy atom. The lowest BCUT2D eigenvalue weighted by Crippen LogP contribution is -2.59. The number of aromatic nitrogens is 3. The third-order valence-electron chi connectivity index (χ3n) is 8.15. The standard InChI is InChI=1S/C24H31N7O3/c1-15(16-6-4-7-16)30(12-18-11-29(28-27-18)13-20(25)32)21(33)14-31-22-24(26-23(31)34-22)10-9-17-5-2-3-8-19(17)24/h2-3,5,8,11,15-16,22-23,26H,4,6-7,9-10,12-14H2,1H3,(H2,25,32)/t15-,22?,23?,24?/m0/s1.